The first-order chi connectivity index (χ1) is 10.8. The average Bonchev–Trinajstić information content (AvgIpc) is 3.23. The quantitative estimate of drug-likeness (QED) is 0.773. The van der Waals surface area contributed by atoms with E-state index in [-0.39, 0.29) is 5.91 Å². The fraction of sp³-hybridized carbons (Fsp3) is 0.389. The first-order valence-electron chi connectivity index (χ1n) is 7.84. The minimum atomic E-state index is 0.100. The molecule has 0 bridgehead atoms. The lowest BCUT2D eigenvalue weighted by Gasteiger charge is -2.23. The van der Waals surface area contributed by atoms with Gasteiger partial charge in [0.25, 0.3) is 5.91 Å². The molecule has 0 spiro atoms. The van der Waals surface area contributed by atoms with Crippen LogP contribution in [-0.4, -0.2) is 30.0 Å². The Bertz CT molecular complexity index is 620. The van der Waals surface area contributed by atoms with Crippen LogP contribution in [0, 0.1) is 0 Å². The third kappa shape index (κ3) is 3.50. The van der Waals surface area contributed by atoms with Crippen LogP contribution in [-0.2, 0) is 6.42 Å². The molecule has 1 heterocycles. The molecule has 3 nitrogen and oxygen atoms in total. The standard InChI is InChI=1S/C18H21NO2S/c1-2-21-17-8-4-3-7-16(17)18(20)19(14-9-10-14)12-11-15-6-5-13-22-15/h3-8,13-14H,2,9-12H2,1H3. The van der Waals surface area contributed by atoms with Gasteiger partial charge >= 0.3 is 0 Å². The Balaban J connectivity index is 1.75. The van der Waals surface area contributed by atoms with Gasteiger partial charge in [0.2, 0.25) is 0 Å². The molecule has 2 aromatic rings. The number of rotatable bonds is 7. The number of carbonyl (C=O) groups is 1. The number of hydrogen-bond acceptors (Lipinski definition) is 3. The molecule has 1 aliphatic rings. The molecular weight excluding hydrogens is 294 g/mol. The number of carbonyl (C=O) groups excluding carboxylic acids is 1. The maximum atomic E-state index is 12.9. The van der Waals surface area contributed by atoms with Crippen molar-refractivity contribution in [2.45, 2.75) is 32.2 Å². The number of thiophene rings is 1. The summed E-state index contributed by atoms with van der Waals surface area (Å²) in [6, 6.07) is 12.2. The highest BCUT2D eigenvalue weighted by Crippen LogP contribution is 2.30. The predicted octanol–water partition coefficient (Wildman–Crippen LogP) is 3.99. The maximum Gasteiger partial charge on any atom is 0.257 e. The summed E-state index contributed by atoms with van der Waals surface area (Å²) < 4.78 is 5.61. The van der Waals surface area contributed by atoms with Crippen molar-refractivity contribution in [3.8, 4) is 5.75 Å². The SMILES string of the molecule is CCOc1ccccc1C(=O)N(CCc1cccs1)C1CC1. The highest BCUT2D eigenvalue weighted by Gasteiger charge is 2.33. The predicted molar refractivity (Wildman–Crippen MR) is 89.7 cm³/mol. The van der Waals surface area contributed by atoms with E-state index in [1.54, 1.807) is 11.3 Å². The number of hydrogen-bond donors (Lipinski definition) is 0. The highest BCUT2D eigenvalue weighted by atomic mass is 32.1. The summed E-state index contributed by atoms with van der Waals surface area (Å²) in [6.45, 7) is 3.30. The second-order valence-electron chi connectivity index (χ2n) is 5.49. The Morgan fingerprint density at radius 2 is 2.09 bits per heavy atom. The van der Waals surface area contributed by atoms with Crippen LogP contribution in [0.25, 0.3) is 0 Å². The van der Waals surface area contributed by atoms with Gasteiger partial charge in [-0.05, 0) is 49.8 Å². The van der Waals surface area contributed by atoms with Crippen molar-refractivity contribution < 1.29 is 9.53 Å². The largest absolute Gasteiger partial charge is 0.493 e. The first-order valence-corrected chi connectivity index (χ1v) is 8.72. The average molecular weight is 315 g/mol. The van der Waals surface area contributed by atoms with Crippen molar-refractivity contribution in [2.75, 3.05) is 13.2 Å². The van der Waals surface area contributed by atoms with Gasteiger partial charge in [0.1, 0.15) is 5.75 Å². The second kappa shape index (κ2) is 6.97. The van der Waals surface area contributed by atoms with Crippen molar-refractivity contribution in [3.63, 3.8) is 0 Å². The van der Waals surface area contributed by atoms with E-state index in [1.807, 2.05) is 36.1 Å². The van der Waals surface area contributed by atoms with Gasteiger partial charge in [-0.25, -0.2) is 0 Å². The van der Waals surface area contributed by atoms with E-state index in [2.05, 4.69) is 17.5 Å². The van der Waals surface area contributed by atoms with Crippen molar-refractivity contribution in [2.24, 2.45) is 0 Å². The Labute approximate surface area is 135 Å². The zero-order valence-corrected chi connectivity index (χ0v) is 13.6. The van der Waals surface area contributed by atoms with Crippen LogP contribution in [0.3, 0.4) is 0 Å². The molecule has 0 N–H and O–H groups in total. The molecule has 1 saturated carbocycles. The molecule has 1 aromatic carbocycles. The van der Waals surface area contributed by atoms with Gasteiger partial charge in [-0.2, -0.15) is 0 Å². The number of nitrogens with zero attached hydrogens (tertiary/aromatic N) is 1. The fourth-order valence-corrected chi connectivity index (χ4v) is 3.30. The zero-order chi connectivity index (χ0) is 15.4. The number of amides is 1. The molecule has 116 valence electrons. The molecule has 0 atom stereocenters. The summed E-state index contributed by atoms with van der Waals surface area (Å²) in [5, 5.41) is 2.09. The summed E-state index contributed by atoms with van der Waals surface area (Å²) in [5.41, 5.74) is 0.683. The molecule has 22 heavy (non-hydrogen) atoms. The monoisotopic (exact) mass is 315 g/mol. The Morgan fingerprint density at radius 3 is 2.77 bits per heavy atom. The molecular formula is C18H21NO2S. The highest BCUT2D eigenvalue weighted by molar-refractivity contribution is 7.09. The lowest BCUT2D eigenvalue weighted by molar-refractivity contribution is 0.0741. The van der Waals surface area contributed by atoms with E-state index in [4.69, 9.17) is 4.74 Å². The molecule has 3 rings (SSSR count). The van der Waals surface area contributed by atoms with Crippen LogP contribution in [0.15, 0.2) is 41.8 Å². The van der Waals surface area contributed by atoms with Crippen LogP contribution in [0.1, 0.15) is 35.0 Å². The Morgan fingerprint density at radius 1 is 1.27 bits per heavy atom. The third-order valence-corrected chi connectivity index (χ3v) is 4.78. The van der Waals surface area contributed by atoms with Crippen LogP contribution in [0.2, 0.25) is 0 Å². The molecule has 1 amide bonds. The molecule has 1 fully saturated rings. The van der Waals surface area contributed by atoms with Gasteiger partial charge in [-0.3, -0.25) is 4.79 Å². The molecule has 0 radical (unpaired) electrons. The van der Waals surface area contributed by atoms with E-state index in [0.717, 1.165) is 25.8 Å². The fourth-order valence-electron chi connectivity index (χ4n) is 2.60. The summed E-state index contributed by atoms with van der Waals surface area (Å²) in [5.74, 6) is 0.792. The van der Waals surface area contributed by atoms with Crippen molar-refractivity contribution in [1.82, 2.24) is 4.90 Å². The van der Waals surface area contributed by atoms with Gasteiger partial charge in [0.15, 0.2) is 0 Å². The van der Waals surface area contributed by atoms with E-state index >= 15 is 0 Å². The zero-order valence-electron chi connectivity index (χ0n) is 12.8. The Kier molecular flexibility index (Phi) is 4.78. The van der Waals surface area contributed by atoms with Gasteiger partial charge in [-0.1, -0.05) is 18.2 Å². The molecule has 0 unspecified atom stereocenters. The van der Waals surface area contributed by atoms with Crippen LogP contribution in [0.5, 0.6) is 5.75 Å². The molecule has 4 heteroatoms. The van der Waals surface area contributed by atoms with Crippen LogP contribution in [0.4, 0.5) is 0 Å². The molecule has 0 saturated heterocycles. The van der Waals surface area contributed by atoms with E-state index in [9.17, 15) is 4.79 Å². The van der Waals surface area contributed by atoms with Crippen LogP contribution >= 0.6 is 11.3 Å². The normalized spacial score (nSPS) is 13.9. The summed E-state index contributed by atoms with van der Waals surface area (Å²) in [7, 11) is 0. The number of benzene rings is 1. The molecule has 0 aliphatic heterocycles. The second-order valence-corrected chi connectivity index (χ2v) is 6.52. The minimum Gasteiger partial charge on any atom is -0.493 e. The number of para-hydroxylation sites is 1. The van der Waals surface area contributed by atoms with Crippen molar-refractivity contribution >= 4 is 17.2 Å². The Hall–Kier alpha value is -1.81. The van der Waals surface area contributed by atoms with Crippen LogP contribution < -0.4 is 4.74 Å². The molecule has 1 aromatic heterocycles. The minimum absolute atomic E-state index is 0.100. The van der Waals surface area contributed by atoms with E-state index in [0.29, 0.717) is 24.0 Å². The van der Waals surface area contributed by atoms with Crippen molar-refractivity contribution in [1.29, 1.82) is 0 Å². The lowest BCUT2D eigenvalue weighted by atomic mass is 10.1. The summed E-state index contributed by atoms with van der Waals surface area (Å²) in [6.07, 6.45) is 3.16. The number of ether oxygens (including phenoxy) is 1. The van der Waals surface area contributed by atoms with Crippen molar-refractivity contribution in [3.05, 3.63) is 52.2 Å². The van der Waals surface area contributed by atoms with Gasteiger partial charge in [0, 0.05) is 17.5 Å². The van der Waals surface area contributed by atoms with E-state index < -0.39 is 0 Å². The smallest absolute Gasteiger partial charge is 0.257 e. The third-order valence-electron chi connectivity index (χ3n) is 3.85. The lowest BCUT2D eigenvalue weighted by Crippen LogP contribution is -2.35. The van der Waals surface area contributed by atoms with Gasteiger partial charge in [0.05, 0.1) is 12.2 Å². The summed E-state index contributed by atoms with van der Waals surface area (Å²) >= 11 is 1.75. The van der Waals surface area contributed by atoms with Gasteiger partial charge < -0.3 is 9.64 Å². The molecule has 1 aliphatic carbocycles. The van der Waals surface area contributed by atoms with Gasteiger partial charge in [-0.15, -0.1) is 11.3 Å². The van der Waals surface area contributed by atoms with E-state index in [1.165, 1.54) is 4.88 Å². The maximum absolute atomic E-state index is 12.9. The summed E-state index contributed by atoms with van der Waals surface area (Å²) in [4.78, 5) is 16.3. The first kappa shape index (κ1) is 15.1. The topological polar surface area (TPSA) is 29.5 Å².